The molecular formula is C8H12. The van der Waals surface area contributed by atoms with Crippen LogP contribution in [0.2, 0.25) is 0 Å². The third kappa shape index (κ3) is 0.410. The van der Waals surface area contributed by atoms with E-state index in [1.807, 2.05) is 0 Å². The van der Waals surface area contributed by atoms with Crippen molar-refractivity contribution in [3.63, 3.8) is 0 Å². The summed E-state index contributed by atoms with van der Waals surface area (Å²) < 4.78 is 0. The third-order valence-corrected chi connectivity index (χ3v) is 2.72. The van der Waals surface area contributed by atoms with Crippen LogP contribution in [0.4, 0.5) is 0 Å². The lowest BCUT2D eigenvalue weighted by Crippen LogP contribution is -2.24. The summed E-state index contributed by atoms with van der Waals surface area (Å²) in [7, 11) is 0. The summed E-state index contributed by atoms with van der Waals surface area (Å²) in [6, 6.07) is 0. The number of fused-ring (bicyclic) bond motifs is 1. The largest absolute Gasteiger partial charge is 0.0851 e. The number of hydrogen-bond acceptors (Lipinski definition) is 0. The number of allylic oxidation sites excluding steroid dienone is 2. The zero-order chi connectivity index (χ0) is 5.56. The van der Waals surface area contributed by atoms with Gasteiger partial charge in [0.25, 0.3) is 0 Å². The molecule has 0 radical (unpaired) electrons. The molecule has 8 heavy (non-hydrogen) atoms. The summed E-state index contributed by atoms with van der Waals surface area (Å²) in [5, 5.41) is 0. The summed E-state index contributed by atoms with van der Waals surface area (Å²) in [6.45, 7) is 2.33. The zero-order valence-corrected chi connectivity index (χ0v) is 5.30. The average molecular weight is 108 g/mol. The molecule has 2 aliphatic carbocycles. The molecule has 0 aromatic carbocycles. The molecule has 2 aliphatic rings. The first-order chi connectivity index (χ1) is 3.88. The van der Waals surface area contributed by atoms with E-state index in [9.17, 15) is 0 Å². The van der Waals surface area contributed by atoms with E-state index in [0.717, 1.165) is 17.8 Å². The molecule has 0 heterocycles. The molecule has 0 bridgehead atoms. The van der Waals surface area contributed by atoms with Crippen molar-refractivity contribution in [1.82, 2.24) is 0 Å². The van der Waals surface area contributed by atoms with Crippen molar-refractivity contribution in [3.8, 4) is 0 Å². The highest BCUT2D eigenvalue weighted by Crippen LogP contribution is 2.45. The standard InChI is InChI=1S/C8H12/c1-6-2-3-7-4-5-8(6)7/h2-3,6-8H,4-5H2,1H3. The van der Waals surface area contributed by atoms with E-state index >= 15 is 0 Å². The second-order valence-electron chi connectivity index (χ2n) is 3.15. The van der Waals surface area contributed by atoms with Crippen LogP contribution in [0.15, 0.2) is 12.2 Å². The van der Waals surface area contributed by atoms with Gasteiger partial charge in [0.1, 0.15) is 0 Å². The maximum Gasteiger partial charge on any atom is -0.0199 e. The first kappa shape index (κ1) is 4.60. The van der Waals surface area contributed by atoms with Gasteiger partial charge in [0.15, 0.2) is 0 Å². The van der Waals surface area contributed by atoms with Gasteiger partial charge in [-0.15, -0.1) is 0 Å². The highest BCUT2D eigenvalue weighted by Gasteiger charge is 2.35. The summed E-state index contributed by atoms with van der Waals surface area (Å²) in [5.41, 5.74) is 0. The fourth-order valence-corrected chi connectivity index (χ4v) is 1.90. The smallest absolute Gasteiger partial charge is 0.0199 e. The van der Waals surface area contributed by atoms with Crippen LogP contribution in [0.25, 0.3) is 0 Å². The molecule has 1 fully saturated rings. The van der Waals surface area contributed by atoms with Gasteiger partial charge < -0.3 is 0 Å². The Morgan fingerprint density at radius 2 is 2.12 bits per heavy atom. The Labute approximate surface area is 50.6 Å². The van der Waals surface area contributed by atoms with Gasteiger partial charge >= 0.3 is 0 Å². The second kappa shape index (κ2) is 1.37. The average Bonchev–Trinajstić information content (AvgIpc) is 1.80. The van der Waals surface area contributed by atoms with Crippen LogP contribution in [0, 0.1) is 17.8 Å². The van der Waals surface area contributed by atoms with Crippen molar-refractivity contribution in [3.05, 3.63) is 12.2 Å². The van der Waals surface area contributed by atoms with E-state index in [0.29, 0.717) is 0 Å². The Kier molecular flexibility index (Phi) is 0.787. The summed E-state index contributed by atoms with van der Waals surface area (Å²) in [6.07, 6.45) is 7.73. The van der Waals surface area contributed by atoms with Crippen LogP contribution in [0.1, 0.15) is 19.8 Å². The molecule has 2 rings (SSSR count). The van der Waals surface area contributed by atoms with Gasteiger partial charge in [-0.2, -0.15) is 0 Å². The number of rotatable bonds is 0. The second-order valence-corrected chi connectivity index (χ2v) is 3.15. The van der Waals surface area contributed by atoms with Crippen molar-refractivity contribution in [2.24, 2.45) is 17.8 Å². The maximum absolute atomic E-state index is 2.40. The summed E-state index contributed by atoms with van der Waals surface area (Å²) in [4.78, 5) is 0. The minimum absolute atomic E-state index is 0.897. The molecule has 0 aromatic rings. The van der Waals surface area contributed by atoms with E-state index in [1.165, 1.54) is 12.8 Å². The van der Waals surface area contributed by atoms with Crippen LogP contribution in [0.3, 0.4) is 0 Å². The highest BCUT2D eigenvalue weighted by atomic mass is 14.4. The molecule has 44 valence electrons. The summed E-state index contributed by atoms with van der Waals surface area (Å²) >= 11 is 0. The fourth-order valence-electron chi connectivity index (χ4n) is 1.90. The minimum atomic E-state index is 0.897. The first-order valence-corrected chi connectivity index (χ1v) is 3.56. The molecule has 3 unspecified atom stereocenters. The SMILES string of the molecule is CC1C=CC2CCC12. The lowest BCUT2D eigenvalue weighted by molar-refractivity contribution is 0.202. The Hall–Kier alpha value is -0.260. The first-order valence-electron chi connectivity index (χ1n) is 3.56. The van der Waals surface area contributed by atoms with Gasteiger partial charge in [-0.05, 0) is 30.6 Å². The third-order valence-electron chi connectivity index (χ3n) is 2.72. The van der Waals surface area contributed by atoms with Gasteiger partial charge in [-0.25, -0.2) is 0 Å². The lowest BCUT2D eigenvalue weighted by Gasteiger charge is -2.32. The molecule has 3 atom stereocenters. The summed E-state index contributed by atoms with van der Waals surface area (Å²) in [5.74, 6) is 2.94. The van der Waals surface area contributed by atoms with Gasteiger partial charge in [-0.3, -0.25) is 0 Å². The highest BCUT2D eigenvalue weighted by molar-refractivity contribution is 5.09. The Balaban J connectivity index is 2.14. The zero-order valence-electron chi connectivity index (χ0n) is 5.30. The monoisotopic (exact) mass is 108 g/mol. The molecule has 0 amide bonds. The van der Waals surface area contributed by atoms with Crippen molar-refractivity contribution in [1.29, 1.82) is 0 Å². The van der Waals surface area contributed by atoms with Crippen molar-refractivity contribution >= 4 is 0 Å². The Morgan fingerprint density at radius 3 is 2.38 bits per heavy atom. The van der Waals surface area contributed by atoms with Crippen LogP contribution >= 0.6 is 0 Å². The molecule has 0 saturated heterocycles. The molecule has 0 nitrogen and oxygen atoms in total. The van der Waals surface area contributed by atoms with E-state index < -0.39 is 0 Å². The normalized spacial score (nSPS) is 50.9. The van der Waals surface area contributed by atoms with Crippen LogP contribution < -0.4 is 0 Å². The van der Waals surface area contributed by atoms with Crippen LogP contribution in [-0.2, 0) is 0 Å². The van der Waals surface area contributed by atoms with Crippen LogP contribution in [-0.4, -0.2) is 0 Å². The van der Waals surface area contributed by atoms with Crippen molar-refractivity contribution in [2.75, 3.05) is 0 Å². The van der Waals surface area contributed by atoms with E-state index in [2.05, 4.69) is 19.1 Å². The van der Waals surface area contributed by atoms with Gasteiger partial charge in [0.05, 0.1) is 0 Å². The molecule has 0 N–H and O–H groups in total. The lowest BCUT2D eigenvalue weighted by atomic mass is 9.72. The Morgan fingerprint density at radius 1 is 1.25 bits per heavy atom. The predicted octanol–water partition coefficient (Wildman–Crippen LogP) is 2.22. The molecule has 1 saturated carbocycles. The van der Waals surface area contributed by atoms with E-state index in [1.54, 1.807) is 0 Å². The predicted molar refractivity (Wildman–Crippen MR) is 34.5 cm³/mol. The quantitative estimate of drug-likeness (QED) is 0.417. The van der Waals surface area contributed by atoms with Crippen molar-refractivity contribution in [2.45, 2.75) is 19.8 Å². The van der Waals surface area contributed by atoms with Crippen molar-refractivity contribution < 1.29 is 0 Å². The molecule has 0 spiro atoms. The number of hydrogen-bond donors (Lipinski definition) is 0. The fraction of sp³-hybridized carbons (Fsp3) is 0.750. The topological polar surface area (TPSA) is 0 Å². The molecule has 0 aliphatic heterocycles. The van der Waals surface area contributed by atoms with Gasteiger partial charge in [0.2, 0.25) is 0 Å². The van der Waals surface area contributed by atoms with Gasteiger partial charge in [0, 0.05) is 0 Å². The Bertz CT molecular complexity index is 116. The van der Waals surface area contributed by atoms with Gasteiger partial charge in [-0.1, -0.05) is 19.1 Å². The molecule has 0 aromatic heterocycles. The van der Waals surface area contributed by atoms with E-state index in [4.69, 9.17) is 0 Å². The van der Waals surface area contributed by atoms with E-state index in [-0.39, 0.29) is 0 Å². The maximum atomic E-state index is 2.40. The molecular weight excluding hydrogens is 96.1 g/mol. The van der Waals surface area contributed by atoms with Crippen LogP contribution in [0.5, 0.6) is 0 Å². The minimum Gasteiger partial charge on any atom is -0.0851 e. The molecule has 0 heteroatoms.